The lowest BCUT2D eigenvalue weighted by Gasteiger charge is -2.11. The lowest BCUT2D eigenvalue weighted by atomic mass is 9.97. The van der Waals surface area contributed by atoms with E-state index in [1.807, 2.05) is 31.2 Å². The molecule has 3 nitrogen and oxygen atoms in total. The lowest BCUT2D eigenvalue weighted by Crippen LogP contribution is -2.25. The van der Waals surface area contributed by atoms with Crippen LogP contribution in [-0.4, -0.2) is 12.5 Å². The Morgan fingerprint density at radius 1 is 1.53 bits per heavy atom. The molecule has 0 aliphatic carbocycles. The van der Waals surface area contributed by atoms with Crippen LogP contribution < -0.4 is 5.32 Å². The molecule has 4 heteroatoms. The molecule has 1 aromatic rings. The first-order chi connectivity index (χ1) is 8.19. The maximum Gasteiger partial charge on any atom is 0.221 e. The summed E-state index contributed by atoms with van der Waals surface area (Å²) in [5.41, 5.74) is 0.863. The van der Waals surface area contributed by atoms with Crippen LogP contribution in [0.4, 0.5) is 0 Å². The molecule has 0 fully saturated rings. The van der Waals surface area contributed by atoms with Crippen molar-refractivity contribution in [3.05, 3.63) is 34.3 Å². The molecule has 0 radical (unpaired) electrons. The van der Waals surface area contributed by atoms with E-state index >= 15 is 0 Å². The summed E-state index contributed by atoms with van der Waals surface area (Å²) in [6.07, 6.45) is 1.11. The Labute approximate surface area is 110 Å². The lowest BCUT2D eigenvalue weighted by molar-refractivity contribution is -0.121. The van der Waals surface area contributed by atoms with Gasteiger partial charge >= 0.3 is 0 Å². The SMILES string of the molecule is CCCNC(=O)CC(C#N)c1ccccc1Br. The molecule has 0 spiro atoms. The molecule has 0 aromatic heterocycles. The number of benzene rings is 1. The molecule has 0 heterocycles. The van der Waals surface area contributed by atoms with Crippen molar-refractivity contribution in [2.24, 2.45) is 0 Å². The van der Waals surface area contributed by atoms with E-state index in [1.165, 1.54) is 0 Å². The average Bonchev–Trinajstić information content (AvgIpc) is 2.34. The van der Waals surface area contributed by atoms with Gasteiger partial charge in [0.05, 0.1) is 12.0 Å². The van der Waals surface area contributed by atoms with E-state index in [0.29, 0.717) is 6.54 Å². The van der Waals surface area contributed by atoms with E-state index in [-0.39, 0.29) is 12.3 Å². The number of carbonyl (C=O) groups excluding carboxylic acids is 1. The maximum absolute atomic E-state index is 11.6. The number of hydrogen-bond acceptors (Lipinski definition) is 2. The molecule has 0 aliphatic rings. The molecule has 90 valence electrons. The van der Waals surface area contributed by atoms with Crippen molar-refractivity contribution in [3.8, 4) is 6.07 Å². The number of nitriles is 1. The minimum atomic E-state index is -0.401. The summed E-state index contributed by atoms with van der Waals surface area (Å²) in [4.78, 5) is 11.6. The highest BCUT2D eigenvalue weighted by molar-refractivity contribution is 9.10. The molecule has 1 amide bonds. The second kappa shape index (κ2) is 7.08. The van der Waals surface area contributed by atoms with Gasteiger partial charge in [0.1, 0.15) is 0 Å². The number of halogens is 1. The Morgan fingerprint density at radius 2 is 2.24 bits per heavy atom. The van der Waals surface area contributed by atoms with E-state index < -0.39 is 5.92 Å². The first-order valence-corrected chi connectivity index (χ1v) is 6.39. The van der Waals surface area contributed by atoms with Gasteiger partial charge in [0.25, 0.3) is 0 Å². The second-order valence-corrected chi connectivity index (χ2v) is 4.61. The fourth-order valence-corrected chi connectivity index (χ4v) is 2.07. The standard InChI is InChI=1S/C13H15BrN2O/c1-2-7-16-13(17)8-10(9-15)11-5-3-4-6-12(11)14/h3-6,10H,2,7-8H2,1H3,(H,16,17). The maximum atomic E-state index is 11.6. The number of carbonyl (C=O) groups is 1. The molecule has 1 aromatic carbocycles. The Hall–Kier alpha value is -1.34. The summed E-state index contributed by atoms with van der Waals surface area (Å²) in [7, 11) is 0. The minimum absolute atomic E-state index is 0.0749. The van der Waals surface area contributed by atoms with Gasteiger partial charge in [-0.3, -0.25) is 4.79 Å². The third-order valence-electron chi connectivity index (χ3n) is 2.40. The number of amides is 1. The van der Waals surface area contributed by atoms with Crippen molar-refractivity contribution in [1.29, 1.82) is 5.26 Å². The zero-order chi connectivity index (χ0) is 12.7. The predicted molar refractivity (Wildman–Crippen MR) is 70.4 cm³/mol. The zero-order valence-corrected chi connectivity index (χ0v) is 11.3. The van der Waals surface area contributed by atoms with Crippen LogP contribution in [0.3, 0.4) is 0 Å². The van der Waals surface area contributed by atoms with Crippen molar-refractivity contribution in [2.45, 2.75) is 25.7 Å². The first-order valence-electron chi connectivity index (χ1n) is 5.59. The Balaban J connectivity index is 2.70. The van der Waals surface area contributed by atoms with Crippen molar-refractivity contribution in [1.82, 2.24) is 5.32 Å². The summed E-state index contributed by atoms with van der Waals surface area (Å²) < 4.78 is 0.870. The highest BCUT2D eigenvalue weighted by Crippen LogP contribution is 2.26. The second-order valence-electron chi connectivity index (χ2n) is 3.76. The van der Waals surface area contributed by atoms with Gasteiger partial charge in [0.15, 0.2) is 0 Å². The Kier molecular flexibility index (Phi) is 5.71. The van der Waals surface area contributed by atoms with E-state index in [2.05, 4.69) is 27.3 Å². The molecule has 1 rings (SSSR count). The van der Waals surface area contributed by atoms with Crippen LogP contribution in [0.15, 0.2) is 28.7 Å². The van der Waals surface area contributed by atoms with Crippen LogP contribution in [0.1, 0.15) is 31.2 Å². The van der Waals surface area contributed by atoms with Crippen molar-refractivity contribution < 1.29 is 4.79 Å². The fourth-order valence-electron chi connectivity index (χ4n) is 1.50. The number of rotatable bonds is 5. The van der Waals surface area contributed by atoms with Crippen molar-refractivity contribution in [2.75, 3.05) is 6.54 Å². The molecular weight excluding hydrogens is 280 g/mol. The van der Waals surface area contributed by atoms with Gasteiger partial charge in [-0.15, -0.1) is 0 Å². The summed E-state index contributed by atoms with van der Waals surface area (Å²) >= 11 is 3.40. The van der Waals surface area contributed by atoms with Crippen LogP contribution in [0.2, 0.25) is 0 Å². The summed E-state index contributed by atoms with van der Waals surface area (Å²) in [5.74, 6) is -0.475. The quantitative estimate of drug-likeness (QED) is 0.908. The predicted octanol–water partition coefficient (Wildman–Crippen LogP) is 2.97. The van der Waals surface area contributed by atoms with E-state index in [0.717, 1.165) is 16.5 Å². The molecule has 0 saturated carbocycles. The van der Waals surface area contributed by atoms with Gasteiger partial charge in [-0.25, -0.2) is 0 Å². The van der Waals surface area contributed by atoms with Crippen LogP contribution >= 0.6 is 15.9 Å². The fraction of sp³-hybridized carbons (Fsp3) is 0.385. The van der Waals surface area contributed by atoms with Gasteiger partial charge < -0.3 is 5.32 Å². The third kappa shape index (κ3) is 4.20. The summed E-state index contributed by atoms with van der Waals surface area (Å²) in [6, 6.07) is 9.68. The molecule has 0 saturated heterocycles. The summed E-state index contributed by atoms with van der Waals surface area (Å²) in [6.45, 7) is 2.66. The molecule has 1 atom stereocenters. The Bertz CT molecular complexity index is 426. The molecule has 1 unspecified atom stereocenters. The van der Waals surface area contributed by atoms with Gasteiger partial charge in [-0.05, 0) is 18.1 Å². The van der Waals surface area contributed by atoms with Gasteiger partial charge in [-0.1, -0.05) is 41.1 Å². The molecule has 0 aliphatic heterocycles. The van der Waals surface area contributed by atoms with Gasteiger partial charge in [0, 0.05) is 17.4 Å². The minimum Gasteiger partial charge on any atom is -0.356 e. The van der Waals surface area contributed by atoms with Crippen LogP contribution in [0.25, 0.3) is 0 Å². The monoisotopic (exact) mass is 294 g/mol. The first kappa shape index (κ1) is 13.7. The highest BCUT2D eigenvalue weighted by atomic mass is 79.9. The smallest absolute Gasteiger partial charge is 0.221 e. The normalized spacial score (nSPS) is 11.6. The van der Waals surface area contributed by atoms with Crippen LogP contribution in [-0.2, 0) is 4.79 Å². The largest absolute Gasteiger partial charge is 0.356 e. The highest BCUT2D eigenvalue weighted by Gasteiger charge is 2.17. The molecule has 1 N–H and O–H groups in total. The van der Waals surface area contributed by atoms with Gasteiger partial charge in [-0.2, -0.15) is 5.26 Å². The summed E-state index contributed by atoms with van der Waals surface area (Å²) in [5, 5.41) is 11.9. The van der Waals surface area contributed by atoms with Gasteiger partial charge in [0.2, 0.25) is 5.91 Å². The van der Waals surface area contributed by atoms with Crippen molar-refractivity contribution >= 4 is 21.8 Å². The van der Waals surface area contributed by atoms with Crippen molar-refractivity contribution in [3.63, 3.8) is 0 Å². The van der Waals surface area contributed by atoms with E-state index in [1.54, 1.807) is 0 Å². The van der Waals surface area contributed by atoms with Crippen LogP contribution in [0, 0.1) is 11.3 Å². The molecule has 17 heavy (non-hydrogen) atoms. The number of nitrogens with zero attached hydrogens (tertiary/aromatic N) is 1. The molecular formula is C13H15BrN2O. The molecule has 0 bridgehead atoms. The number of nitrogens with one attached hydrogen (secondary N) is 1. The van der Waals surface area contributed by atoms with Crippen LogP contribution in [0.5, 0.6) is 0 Å². The van der Waals surface area contributed by atoms with E-state index in [9.17, 15) is 4.79 Å². The average molecular weight is 295 g/mol. The third-order valence-corrected chi connectivity index (χ3v) is 3.12. The van der Waals surface area contributed by atoms with E-state index in [4.69, 9.17) is 5.26 Å². The Morgan fingerprint density at radius 3 is 2.82 bits per heavy atom. The number of hydrogen-bond donors (Lipinski definition) is 1. The topological polar surface area (TPSA) is 52.9 Å². The zero-order valence-electron chi connectivity index (χ0n) is 9.74.